The highest BCUT2D eigenvalue weighted by atomic mass is 35.5. The smallest absolute Gasteiger partial charge is 0.126 e. The van der Waals surface area contributed by atoms with Crippen molar-refractivity contribution in [3.63, 3.8) is 0 Å². The zero-order valence-corrected chi connectivity index (χ0v) is 17.1. The molecule has 0 radical (unpaired) electrons. The standard InChI is InChI=1S/C20H27F2N3.2ClH/c21-15-9-14(10-16(22)11-15)18-12-25(17-1-5-23-6-2-17)19-13-3-7-24(8-4-13)20(18)19;;/h9-11,13,17-20,23H,1-8,12H2;2*1H/t18-,19+,20+;;/m0../s1. The van der Waals surface area contributed by atoms with Crippen LogP contribution in [0, 0.1) is 17.6 Å². The van der Waals surface area contributed by atoms with Crippen molar-refractivity contribution in [2.75, 3.05) is 32.7 Å². The number of piperidine rings is 4. The number of halogens is 4. The van der Waals surface area contributed by atoms with Gasteiger partial charge in [-0.05, 0) is 75.5 Å². The predicted molar refractivity (Wildman–Crippen MR) is 108 cm³/mol. The van der Waals surface area contributed by atoms with Gasteiger partial charge in [-0.1, -0.05) is 0 Å². The first-order valence-corrected chi connectivity index (χ1v) is 9.87. The molecule has 152 valence electrons. The van der Waals surface area contributed by atoms with Crippen molar-refractivity contribution in [2.45, 2.75) is 49.7 Å². The van der Waals surface area contributed by atoms with Crippen molar-refractivity contribution in [1.29, 1.82) is 0 Å². The van der Waals surface area contributed by atoms with Crippen LogP contribution in [0.5, 0.6) is 0 Å². The van der Waals surface area contributed by atoms with Gasteiger partial charge in [-0.3, -0.25) is 9.80 Å². The normalized spacial score (nSPS) is 36.0. The van der Waals surface area contributed by atoms with Crippen LogP contribution in [0.3, 0.4) is 0 Å². The average Bonchev–Trinajstić information content (AvgIpc) is 3.05. The molecule has 6 rings (SSSR count). The van der Waals surface area contributed by atoms with Gasteiger partial charge in [0.2, 0.25) is 0 Å². The molecule has 5 aliphatic heterocycles. The fourth-order valence-corrected chi connectivity index (χ4v) is 6.09. The van der Waals surface area contributed by atoms with E-state index in [1.165, 1.54) is 25.7 Å². The molecule has 0 spiro atoms. The van der Waals surface area contributed by atoms with E-state index in [2.05, 4.69) is 15.1 Å². The average molecular weight is 420 g/mol. The maximum Gasteiger partial charge on any atom is 0.126 e. The molecular formula is C20H29Cl2F2N3. The van der Waals surface area contributed by atoms with Crippen molar-refractivity contribution in [3.8, 4) is 0 Å². The van der Waals surface area contributed by atoms with E-state index in [9.17, 15) is 8.78 Å². The summed E-state index contributed by atoms with van der Waals surface area (Å²) < 4.78 is 27.7. The lowest BCUT2D eigenvalue weighted by Gasteiger charge is -2.52. The van der Waals surface area contributed by atoms with Crippen molar-refractivity contribution in [3.05, 3.63) is 35.4 Å². The third-order valence-corrected chi connectivity index (χ3v) is 7.12. The van der Waals surface area contributed by atoms with Crippen LogP contribution >= 0.6 is 24.8 Å². The van der Waals surface area contributed by atoms with Crippen LogP contribution < -0.4 is 5.32 Å². The molecule has 1 aromatic rings. The van der Waals surface area contributed by atoms with E-state index >= 15 is 0 Å². The third kappa shape index (κ3) is 3.74. The highest BCUT2D eigenvalue weighted by Crippen LogP contribution is 2.48. The van der Waals surface area contributed by atoms with Gasteiger partial charge in [0.15, 0.2) is 0 Å². The van der Waals surface area contributed by atoms with Crippen molar-refractivity contribution in [1.82, 2.24) is 15.1 Å². The van der Waals surface area contributed by atoms with E-state index in [1.807, 2.05) is 0 Å². The number of hydrogen-bond acceptors (Lipinski definition) is 3. The number of nitrogens with zero attached hydrogens (tertiary/aromatic N) is 2. The summed E-state index contributed by atoms with van der Waals surface area (Å²) in [4.78, 5) is 5.34. The van der Waals surface area contributed by atoms with Gasteiger partial charge in [0, 0.05) is 36.7 Å². The maximum absolute atomic E-state index is 13.9. The van der Waals surface area contributed by atoms with Crippen LogP contribution in [-0.2, 0) is 0 Å². The Morgan fingerprint density at radius 2 is 1.48 bits per heavy atom. The van der Waals surface area contributed by atoms with Gasteiger partial charge in [-0.15, -0.1) is 24.8 Å². The lowest BCUT2D eigenvalue weighted by Crippen LogP contribution is -2.61. The molecule has 5 heterocycles. The molecule has 0 aromatic heterocycles. The van der Waals surface area contributed by atoms with Gasteiger partial charge in [0.25, 0.3) is 0 Å². The molecule has 0 saturated carbocycles. The second-order valence-corrected chi connectivity index (χ2v) is 8.34. The minimum atomic E-state index is -0.442. The third-order valence-electron chi connectivity index (χ3n) is 7.12. The molecule has 5 saturated heterocycles. The molecular weight excluding hydrogens is 391 g/mol. The van der Waals surface area contributed by atoms with Crippen LogP contribution in [0.2, 0.25) is 0 Å². The van der Waals surface area contributed by atoms with Crippen LogP contribution in [0.1, 0.15) is 37.2 Å². The molecule has 5 fully saturated rings. The van der Waals surface area contributed by atoms with E-state index in [1.54, 1.807) is 12.1 Å². The summed E-state index contributed by atoms with van der Waals surface area (Å²) in [5.74, 6) is 0.104. The zero-order chi connectivity index (χ0) is 17.0. The first kappa shape index (κ1) is 21.3. The number of hydrogen-bond donors (Lipinski definition) is 1. The summed E-state index contributed by atoms with van der Waals surface area (Å²) in [7, 11) is 0. The quantitative estimate of drug-likeness (QED) is 0.791. The van der Waals surface area contributed by atoms with Crippen LogP contribution in [0.15, 0.2) is 18.2 Å². The number of rotatable bonds is 2. The number of benzene rings is 1. The van der Waals surface area contributed by atoms with E-state index in [-0.39, 0.29) is 30.7 Å². The summed E-state index contributed by atoms with van der Waals surface area (Å²) in [6, 6.07) is 5.76. The van der Waals surface area contributed by atoms with Crippen LogP contribution in [0.25, 0.3) is 0 Å². The Bertz CT molecular complexity index is 628. The lowest BCUT2D eigenvalue weighted by atomic mass is 9.75. The molecule has 27 heavy (non-hydrogen) atoms. The van der Waals surface area contributed by atoms with E-state index < -0.39 is 11.6 Å². The second-order valence-electron chi connectivity index (χ2n) is 8.34. The van der Waals surface area contributed by atoms with E-state index in [0.717, 1.165) is 50.3 Å². The molecule has 0 amide bonds. The Hall–Kier alpha value is -0.460. The molecule has 0 aliphatic carbocycles. The fraction of sp³-hybridized carbons (Fsp3) is 0.700. The van der Waals surface area contributed by atoms with E-state index in [4.69, 9.17) is 0 Å². The summed E-state index contributed by atoms with van der Waals surface area (Å²) in [5, 5.41) is 3.47. The van der Waals surface area contributed by atoms with Crippen LogP contribution in [0.4, 0.5) is 8.78 Å². The summed E-state index contributed by atoms with van der Waals surface area (Å²) in [5.41, 5.74) is 0.858. The van der Waals surface area contributed by atoms with Gasteiger partial charge in [-0.2, -0.15) is 0 Å². The zero-order valence-electron chi connectivity index (χ0n) is 15.4. The summed E-state index contributed by atoms with van der Waals surface area (Å²) >= 11 is 0. The number of nitrogens with one attached hydrogen (secondary N) is 1. The van der Waals surface area contributed by atoms with E-state index in [0.29, 0.717) is 18.1 Å². The minimum absolute atomic E-state index is 0. The Morgan fingerprint density at radius 3 is 2.11 bits per heavy atom. The van der Waals surface area contributed by atoms with Crippen molar-refractivity contribution in [2.24, 2.45) is 5.92 Å². The van der Waals surface area contributed by atoms with Gasteiger partial charge in [-0.25, -0.2) is 8.78 Å². The van der Waals surface area contributed by atoms with Crippen molar-refractivity contribution < 1.29 is 8.78 Å². The molecule has 3 nitrogen and oxygen atoms in total. The first-order chi connectivity index (χ1) is 12.2. The predicted octanol–water partition coefficient (Wildman–Crippen LogP) is 3.42. The lowest BCUT2D eigenvalue weighted by molar-refractivity contribution is -0.0223. The Morgan fingerprint density at radius 1 is 0.852 bits per heavy atom. The monoisotopic (exact) mass is 419 g/mol. The van der Waals surface area contributed by atoms with Crippen molar-refractivity contribution >= 4 is 24.8 Å². The highest BCUT2D eigenvalue weighted by Gasteiger charge is 2.54. The number of likely N-dealkylation sites (tertiary alicyclic amines) is 1. The molecule has 1 aromatic carbocycles. The fourth-order valence-electron chi connectivity index (χ4n) is 6.09. The Kier molecular flexibility index (Phi) is 6.69. The van der Waals surface area contributed by atoms with Gasteiger partial charge in [0.05, 0.1) is 0 Å². The molecule has 7 heteroatoms. The molecule has 0 unspecified atom stereocenters. The largest absolute Gasteiger partial charge is 0.317 e. The summed E-state index contributed by atoms with van der Waals surface area (Å²) in [6.45, 7) is 5.44. The molecule has 2 bridgehead atoms. The van der Waals surface area contributed by atoms with Crippen LogP contribution in [-0.4, -0.2) is 60.6 Å². The number of fused-ring (bicyclic) bond motifs is 2. The minimum Gasteiger partial charge on any atom is -0.317 e. The molecule has 1 N–H and O–H groups in total. The van der Waals surface area contributed by atoms with Gasteiger partial charge >= 0.3 is 0 Å². The second kappa shape index (κ2) is 8.50. The van der Waals surface area contributed by atoms with Gasteiger partial charge < -0.3 is 5.32 Å². The topological polar surface area (TPSA) is 18.5 Å². The molecule has 3 atom stereocenters. The first-order valence-electron chi connectivity index (χ1n) is 9.87. The summed E-state index contributed by atoms with van der Waals surface area (Å²) in [6.07, 6.45) is 4.96. The maximum atomic E-state index is 13.9. The SMILES string of the molecule is Cl.Cl.Fc1cc(F)cc([C@@H]2CN(C3CCNCC3)[C@@H]3C4CCN(CC4)[C@@H]32)c1. The van der Waals surface area contributed by atoms with Gasteiger partial charge in [0.1, 0.15) is 11.6 Å². The Balaban J connectivity index is 0.00000105. The highest BCUT2D eigenvalue weighted by molar-refractivity contribution is 5.85. The Labute approximate surface area is 172 Å². The molecule has 5 aliphatic rings.